The van der Waals surface area contributed by atoms with Crippen molar-refractivity contribution in [3.8, 4) is 0 Å². The topological polar surface area (TPSA) is 30.5 Å². The van der Waals surface area contributed by atoms with E-state index in [1.54, 1.807) is 0 Å². The third kappa shape index (κ3) is 2.84. The van der Waals surface area contributed by atoms with E-state index in [2.05, 4.69) is 58.1 Å². The first-order chi connectivity index (χ1) is 10.3. The van der Waals surface area contributed by atoms with Gasteiger partial charge in [0.2, 0.25) is 0 Å². The summed E-state index contributed by atoms with van der Waals surface area (Å²) < 4.78 is 12.6. The van der Waals surface area contributed by atoms with Crippen molar-refractivity contribution in [1.29, 1.82) is 0 Å². The van der Waals surface area contributed by atoms with Crippen LogP contribution < -0.4 is 10.8 Å². The van der Waals surface area contributed by atoms with E-state index >= 15 is 0 Å². The molecule has 1 aromatic carbocycles. The van der Waals surface area contributed by atoms with E-state index in [4.69, 9.17) is 9.31 Å². The van der Waals surface area contributed by atoms with E-state index in [-0.39, 0.29) is 18.3 Å². The Labute approximate surface area is 134 Å². The average molecular weight is 301 g/mol. The van der Waals surface area contributed by atoms with Crippen LogP contribution in [0.25, 0.3) is 0 Å². The number of rotatable bonds is 2. The fourth-order valence-corrected chi connectivity index (χ4v) is 3.37. The van der Waals surface area contributed by atoms with Gasteiger partial charge >= 0.3 is 7.12 Å². The van der Waals surface area contributed by atoms with Crippen LogP contribution >= 0.6 is 0 Å². The zero-order chi connectivity index (χ0) is 16.0. The maximum atomic E-state index is 6.28. The lowest BCUT2D eigenvalue weighted by molar-refractivity contribution is 0.00578. The van der Waals surface area contributed by atoms with Crippen LogP contribution in [0.4, 0.5) is 0 Å². The Morgan fingerprint density at radius 2 is 1.64 bits per heavy atom. The van der Waals surface area contributed by atoms with Crippen LogP contribution in [0.5, 0.6) is 0 Å². The molecule has 2 fully saturated rings. The maximum absolute atomic E-state index is 6.28. The van der Waals surface area contributed by atoms with Gasteiger partial charge in [0, 0.05) is 0 Å². The molecular formula is C18H28BNO2. The fraction of sp³-hybridized carbons (Fsp3) is 0.667. The lowest BCUT2D eigenvalue weighted by atomic mass is 9.71. The molecule has 1 aromatic rings. The van der Waals surface area contributed by atoms with E-state index in [1.165, 1.54) is 29.4 Å². The average Bonchev–Trinajstić information content (AvgIpc) is 2.68. The molecule has 0 radical (unpaired) electrons. The van der Waals surface area contributed by atoms with E-state index in [0.717, 1.165) is 13.1 Å². The second kappa shape index (κ2) is 5.66. The standard InChI is InChI=1S/C18H28BNO2/c1-13-6-7-16(15(12-13)14-8-10-20-11-9-14)19-21-17(2,3)18(4,5)22-19/h6-7,12,14,20H,8-11H2,1-5H3. The van der Waals surface area contributed by atoms with Crippen molar-refractivity contribution >= 4 is 12.6 Å². The van der Waals surface area contributed by atoms with Crippen molar-refractivity contribution in [2.75, 3.05) is 13.1 Å². The molecule has 0 bridgehead atoms. The Balaban J connectivity index is 1.94. The number of hydrogen-bond donors (Lipinski definition) is 1. The van der Waals surface area contributed by atoms with Gasteiger partial charge in [-0.05, 0) is 77.5 Å². The van der Waals surface area contributed by atoms with Crippen LogP contribution in [0.3, 0.4) is 0 Å². The predicted molar refractivity (Wildman–Crippen MR) is 91.7 cm³/mol. The predicted octanol–water partition coefficient (Wildman–Crippen LogP) is 2.76. The highest BCUT2D eigenvalue weighted by atomic mass is 16.7. The molecule has 0 aliphatic carbocycles. The summed E-state index contributed by atoms with van der Waals surface area (Å²) in [4.78, 5) is 0. The van der Waals surface area contributed by atoms with Crippen LogP contribution in [0.15, 0.2) is 18.2 Å². The van der Waals surface area contributed by atoms with Gasteiger partial charge in [-0.1, -0.05) is 23.8 Å². The Kier molecular flexibility index (Phi) is 4.13. The molecule has 0 amide bonds. The van der Waals surface area contributed by atoms with Crippen LogP contribution in [0, 0.1) is 6.92 Å². The van der Waals surface area contributed by atoms with Gasteiger partial charge in [0.05, 0.1) is 11.2 Å². The third-order valence-corrected chi connectivity index (χ3v) is 5.53. The van der Waals surface area contributed by atoms with Gasteiger partial charge in [0.25, 0.3) is 0 Å². The molecule has 0 atom stereocenters. The molecule has 0 saturated carbocycles. The second-order valence-corrected chi connectivity index (χ2v) is 7.74. The minimum Gasteiger partial charge on any atom is -0.399 e. The molecule has 2 heterocycles. The summed E-state index contributed by atoms with van der Waals surface area (Å²) in [6.07, 6.45) is 2.38. The zero-order valence-electron chi connectivity index (χ0n) is 14.5. The molecule has 3 rings (SSSR count). The van der Waals surface area contributed by atoms with Gasteiger partial charge < -0.3 is 14.6 Å². The van der Waals surface area contributed by atoms with Crippen LogP contribution in [-0.4, -0.2) is 31.4 Å². The molecule has 3 nitrogen and oxygen atoms in total. The van der Waals surface area contributed by atoms with E-state index < -0.39 is 0 Å². The largest absolute Gasteiger partial charge is 0.495 e. The highest BCUT2D eigenvalue weighted by molar-refractivity contribution is 6.62. The smallest absolute Gasteiger partial charge is 0.399 e. The molecule has 2 aliphatic rings. The van der Waals surface area contributed by atoms with Gasteiger partial charge in [-0.3, -0.25) is 0 Å². The zero-order valence-corrected chi connectivity index (χ0v) is 14.5. The summed E-state index contributed by atoms with van der Waals surface area (Å²) >= 11 is 0. The summed E-state index contributed by atoms with van der Waals surface area (Å²) in [7, 11) is -0.254. The van der Waals surface area contributed by atoms with Crippen LogP contribution in [-0.2, 0) is 9.31 Å². The molecule has 2 aliphatic heterocycles. The van der Waals surface area contributed by atoms with E-state index in [9.17, 15) is 0 Å². The molecule has 0 spiro atoms. The molecule has 22 heavy (non-hydrogen) atoms. The monoisotopic (exact) mass is 301 g/mol. The SMILES string of the molecule is Cc1ccc(B2OC(C)(C)C(C)(C)O2)c(C2CCNCC2)c1. The number of piperidine rings is 1. The molecular weight excluding hydrogens is 273 g/mol. The first kappa shape index (κ1) is 16.0. The highest BCUT2D eigenvalue weighted by Gasteiger charge is 2.52. The lowest BCUT2D eigenvalue weighted by Gasteiger charge is -2.32. The van der Waals surface area contributed by atoms with Crippen LogP contribution in [0.2, 0.25) is 0 Å². The van der Waals surface area contributed by atoms with Gasteiger partial charge in [0.1, 0.15) is 0 Å². The number of aryl methyl sites for hydroxylation is 1. The molecule has 4 heteroatoms. The number of nitrogens with one attached hydrogen (secondary N) is 1. The van der Waals surface area contributed by atoms with Gasteiger partial charge in [-0.2, -0.15) is 0 Å². The minimum atomic E-state index is -0.284. The second-order valence-electron chi connectivity index (χ2n) is 7.74. The number of benzene rings is 1. The van der Waals surface area contributed by atoms with Gasteiger partial charge in [-0.15, -0.1) is 0 Å². The maximum Gasteiger partial charge on any atom is 0.495 e. The minimum absolute atomic E-state index is 0.254. The van der Waals surface area contributed by atoms with Crippen molar-refractivity contribution in [1.82, 2.24) is 5.32 Å². The van der Waals surface area contributed by atoms with Crippen molar-refractivity contribution in [3.05, 3.63) is 29.3 Å². The quantitative estimate of drug-likeness (QED) is 0.852. The molecule has 0 unspecified atom stereocenters. The Hall–Kier alpha value is -0.835. The highest BCUT2D eigenvalue weighted by Crippen LogP contribution is 2.37. The van der Waals surface area contributed by atoms with Crippen molar-refractivity contribution in [2.24, 2.45) is 0 Å². The van der Waals surface area contributed by atoms with Crippen molar-refractivity contribution in [3.63, 3.8) is 0 Å². The van der Waals surface area contributed by atoms with E-state index in [1.807, 2.05) is 0 Å². The molecule has 1 N–H and O–H groups in total. The van der Waals surface area contributed by atoms with Crippen LogP contribution in [0.1, 0.15) is 57.6 Å². The Morgan fingerprint density at radius 3 is 2.23 bits per heavy atom. The van der Waals surface area contributed by atoms with Gasteiger partial charge in [0.15, 0.2) is 0 Å². The Bertz CT molecular complexity index is 534. The first-order valence-corrected chi connectivity index (χ1v) is 8.47. The van der Waals surface area contributed by atoms with Crippen molar-refractivity contribution < 1.29 is 9.31 Å². The summed E-state index contributed by atoms with van der Waals surface area (Å²) in [6, 6.07) is 6.70. The lowest BCUT2D eigenvalue weighted by Crippen LogP contribution is -2.41. The Morgan fingerprint density at radius 1 is 1.05 bits per heavy atom. The number of hydrogen-bond acceptors (Lipinski definition) is 3. The fourth-order valence-electron chi connectivity index (χ4n) is 3.37. The molecule has 2 saturated heterocycles. The van der Waals surface area contributed by atoms with Crippen molar-refractivity contribution in [2.45, 2.75) is 64.6 Å². The normalized spacial score (nSPS) is 24.7. The third-order valence-electron chi connectivity index (χ3n) is 5.53. The molecule has 0 aromatic heterocycles. The summed E-state index contributed by atoms with van der Waals surface area (Å²) in [5.74, 6) is 0.607. The molecule has 120 valence electrons. The van der Waals surface area contributed by atoms with E-state index in [0.29, 0.717) is 5.92 Å². The summed E-state index contributed by atoms with van der Waals surface area (Å²) in [6.45, 7) is 12.8. The first-order valence-electron chi connectivity index (χ1n) is 8.47. The van der Waals surface area contributed by atoms with Gasteiger partial charge in [-0.25, -0.2) is 0 Å². The summed E-state index contributed by atoms with van der Waals surface area (Å²) in [5, 5.41) is 3.45. The summed E-state index contributed by atoms with van der Waals surface area (Å²) in [5.41, 5.74) is 3.38.